The number of hydrogen-bond donors (Lipinski definition) is 2. The summed E-state index contributed by atoms with van der Waals surface area (Å²) in [5, 5.41) is 13.7. The first-order valence-corrected chi connectivity index (χ1v) is 6.82. The third-order valence-electron chi connectivity index (χ3n) is 2.46. The molecule has 0 unspecified atom stereocenters. The largest absolute Gasteiger partial charge is 0.481 e. The minimum absolute atomic E-state index is 0.117. The van der Waals surface area contributed by atoms with Crippen LogP contribution in [0.15, 0.2) is 29.9 Å². The highest BCUT2D eigenvalue weighted by atomic mass is 32.1. The van der Waals surface area contributed by atoms with Crippen LogP contribution in [0.5, 0.6) is 0 Å². The molecule has 2 rings (SSSR count). The van der Waals surface area contributed by atoms with E-state index in [1.807, 2.05) is 6.07 Å². The summed E-state index contributed by atoms with van der Waals surface area (Å²) in [5.41, 5.74) is 1.41. The number of amides is 1. The predicted octanol–water partition coefficient (Wildman–Crippen LogP) is 1.02. The highest BCUT2D eigenvalue weighted by Crippen LogP contribution is 2.11. The highest BCUT2D eigenvalue weighted by molar-refractivity contribution is 7.09. The molecule has 2 N–H and O–H groups in total. The van der Waals surface area contributed by atoms with Crippen LogP contribution in [-0.2, 0) is 29.0 Å². The maximum absolute atomic E-state index is 11.7. The summed E-state index contributed by atoms with van der Waals surface area (Å²) in [5.74, 6) is -1.08. The Balaban J connectivity index is 1.82. The summed E-state index contributed by atoms with van der Waals surface area (Å²) in [6.07, 6.45) is 3.40. The summed E-state index contributed by atoms with van der Waals surface area (Å²) in [6, 6.07) is 3.68. The second kappa shape index (κ2) is 6.76. The van der Waals surface area contributed by atoms with E-state index in [-0.39, 0.29) is 18.7 Å². The number of aliphatic carboxylic acids is 1. The van der Waals surface area contributed by atoms with Crippen LogP contribution in [0.2, 0.25) is 0 Å². The van der Waals surface area contributed by atoms with Crippen LogP contribution >= 0.6 is 11.3 Å². The number of carbonyl (C=O) groups excluding carboxylic acids is 1. The first-order chi connectivity index (χ1) is 9.63. The molecule has 0 bridgehead atoms. The van der Waals surface area contributed by atoms with Crippen LogP contribution in [0.1, 0.15) is 16.3 Å². The maximum Gasteiger partial charge on any atom is 0.309 e. The van der Waals surface area contributed by atoms with Gasteiger partial charge in [0.2, 0.25) is 5.91 Å². The average molecular weight is 291 g/mol. The molecule has 2 heterocycles. The summed E-state index contributed by atoms with van der Waals surface area (Å²) < 4.78 is 0. The lowest BCUT2D eigenvalue weighted by atomic mass is 10.3. The quantitative estimate of drug-likeness (QED) is 0.829. The van der Waals surface area contributed by atoms with Crippen molar-refractivity contribution in [3.05, 3.63) is 46.2 Å². The third kappa shape index (κ3) is 4.43. The topological polar surface area (TPSA) is 92.2 Å². The van der Waals surface area contributed by atoms with Crippen LogP contribution in [-0.4, -0.2) is 27.0 Å². The standard InChI is InChI=1S/C13H13N3O3S/c17-11(15-7-9-2-1-3-14-6-9)5-12-16-10(8-20-12)4-13(18)19/h1-3,6,8H,4-5,7H2,(H,15,17)(H,18,19). The van der Waals surface area contributed by atoms with Gasteiger partial charge in [0.15, 0.2) is 0 Å². The Morgan fingerprint density at radius 1 is 1.35 bits per heavy atom. The maximum atomic E-state index is 11.7. The van der Waals surface area contributed by atoms with Gasteiger partial charge in [0.25, 0.3) is 0 Å². The highest BCUT2D eigenvalue weighted by Gasteiger charge is 2.09. The number of thiazole rings is 1. The van der Waals surface area contributed by atoms with Gasteiger partial charge in [-0.05, 0) is 11.6 Å². The van der Waals surface area contributed by atoms with Crippen LogP contribution in [0, 0.1) is 0 Å². The molecule has 0 saturated heterocycles. The first kappa shape index (κ1) is 14.1. The number of nitrogens with one attached hydrogen (secondary N) is 1. The minimum atomic E-state index is -0.928. The number of rotatable bonds is 6. The van der Waals surface area contributed by atoms with Crippen molar-refractivity contribution < 1.29 is 14.7 Å². The number of nitrogens with zero attached hydrogens (tertiary/aromatic N) is 2. The van der Waals surface area contributed by atoms with E-state index in [0.29, 0.717) is 17.2 Å². The van der Waals surface area contributed by atoms with Crippen molar-refractivity contribution in [1.82, 2.24) is 15.3 Å². The van der Waals surface area contributed by atoms with Crippen molar-refractivity contribution in [2.75, 3.05) is 0 Å². The molecule has 6 nitrogen and oxygen atoms in total. The normalized spacial score (nSPS) is 10.2. The SMILES string of the molecule is O=C(O)Cc1csc(CC(=O)NCc2cccnc2)n1. The van der Waals surface area contributed by atoms with E-state index in [0.717, 1.165) is 5.56 Å². The number of carboxylic acid groups (broad SMARTS) is 1. The van der Waals surface area contributed by atoms with E-state index in [4.69, 9.17) is 5.11 Å². The molecule has 7 heteroatoms. The van der Waals surface area contributed by atoms with Crippen molar-refractivity contribution >= 4 is 23.2 Å². The number of carbonyl (C=O) groups is 2. The molecular formula is C13H13N3O3S. The minimum Gasteiger partial charge on any atom is -0.481 e. The summed E-state index contributed by atoms with van der Waals surface area (Å²) in [4.78, 5) is 30.3. The monoisotopic (exact) mass is 291 g/mol. The summed E-state index contributed by atoms with van der Waals surface area (Å²) >= 11 is 1.29. The molecule has 0 saturated carbocycles. The third-order valence-corrected chi connectivity index (χ3v) is 3.35. The molecule has 0 aromatic carbocycles. The Bertz CT molecular complexity index is 598. The van der Waals surface area contributed by atoms with Gasteiger partial charge in [-0.25, -0.2) is 4.98 Å². The van der Waals surface area contributed by atoms with Gasteiger partial charge in [-0.2, -0.15) is 0 Å². The Morgan fingerprint density at radius 3 is 2.90 bits per heavy atom. The first-order valence-electron chi connectivity index (χ1n) is 5.94. The van der Waals surface area contributed by atoms with Gasteiger partial charge in [-0.15, -0.1) is 11.3 Å². The van der Waals surface area contributed by atoms with E-state index in [1.54, 1.807) is 23.8 Å². The fourth-order valence-electron chi connectivity index (χ4n) is 1.57. The number of hydrogen-bond acceptors (Lipinski definition) is 5. The van der Waals surface area contributed by atoms with E-state index >= 15 is 0 Å². The number of aromatic nitrogens is 2. The molecule has 104 valence electrons. The molecule has 0 aliphatic heterocycles. The van der Waals surface area contributed by atoms with Gasteiger partial charge in [0, 0.05) is 24.3 Å². The summed E-state index contributed by atoms with van der Waals surface area (Å²) in [7, 11) is 0. The number of pyridine rings is 1. The lowest BCUT2D eigenvalue weighted by molar-refractivity contribution is -0.136. The van der Waals surface area contributed by atoms with Crippen molar-refractivity contribution in [3.63, 3.8) is 0 Å². The molecule has 0 fully saturated rings. The van der Waals surface area contributed by atoms with Gasteiger partial charge >= 0.3 is 5.97 Å². The van der Waals surface area contributed by atoms with Gasteiger partial charge in [0.1, 0.15) is 5.01 Å². The Morgan fingerprint density at radius 2 is 2.20 bits per heavy atom. The Hall–Kier alpha value is -2.28. The average Bonchev–Trinajstić information content (AvgIpc) is 2.84. The van der Waals surface area contributed by atoms with Crippen molar-refractivity contribution in [2.45, 2.75) is 19.4 Å². The van der Waals surface area contributed by atoms with Gasteiger partial charge in [-0.3, -0.25) is 14.6 Å². The molecule has 0 spiro atoms. The lowest BCUT2D eigenvalue weighted by Crippen LogP contribution is -2.24. The Labute approximate surface area is 119 Å². The van der Waals surface area contributed by atoms with Gasteiger partial charge in [-0.1, -0.05) is 6.07 Å². The van der Waals surface area contributed by atoms with Gasteiger partial charge in [0.05, 0.1) is 18.5 Å². The molecule has 20 heavy (non-hydrogen) atoms. The summed E-state index contributed by atoms with van der Waals surface area (Å²) in [6.45, 7) is 0.417. The van der Waals surface area contributed by atoms with Crippen LogP contribution in [0.3, 0.4) is 0 Å². The van der Waals surface area contributed by atoms with Gasteiger partial charge < -0.3 is 10.4 Å². The molecule has 2 aromatic rings. The second-order valence-corrected chi connectivity index (χ2v) is 5.06. The molecule has 2 aromatic heterocycles. The van der Waals surface area contributed by atoms with E-state index in [9.17, 15) is 9.59 Å². The Kier molecular flexibility index (Phi) is 4.78. The van der Waals surface area contributed by atoms with Crippen LogP contribution in [0.4, 0.5) is 0 Å². The van der Waals surface area contributed by atoms with E-state index in [2.05, 4.69) is 15.3 Å². The molecule has 1 amide bonds. The molecule has 0 atom stereocenters. The van der Waals surface area contributed by atoms with Crippen molar-refractivity contribution in [2.24, 2.45) is 0 Å². The molecule has 0 aliphatic carbocycles. The number of carboxylic acids is 1. The van der Waals surface area contributed by atoms with Crippen LogP contribution < -0.4 is 5.32 Å². The molecular weight excluding hydrogens is 278 g/mol. The van der Waals surface area contributed by atoms with E-state index in [1.165, 1.54) is 11.3 Å². The predicted molar refractivity (Wildman–Crippen MR) is 73.2 cm³/mol. The zero-order valence-electron chi connectivity index (χ0n) is 10.6. The second-order valence-electron chi connectivity index (χ2n) is 4.12. The zero-order valence-corrected chi connectivity index (χ0v) is 11.4. The fraction of sp³-hybridized carbons (Fsp3) is 0.231. The van der Waals surface area contributed by atoms with E-state index < -0.39 is 5.97 Å². The zero-order chi connectivity index (χ0) is 14.4. The van der Waals surface area contributed by atoms with Crippen molar-refractivity contribution in [3.8, 4) is 0 Å². The fourth-order valence-corrected chi connectivity index (χ4v) is 2.36. The molecule has 0 radical (unpaired) electrons. The smallest absolute Gasteiger partial charge is 0.309 e. The molecule has 0 aliphatic rings. The van der Waals surface area contributed by atoms with Crippen LogP contribution in [0.25, 0.3) is 0 Å². The van der Waals surface area contributed by atoms with Crippen molar-refractivity contribution in [1.29, 1.82) is 0 Å². The lowest BCUT2D eigenvalue weighted by Gasteiger charge is -2.03.